The largest absolute Gasteiger partial charge is 1.00 e. The lowest BCUT2D eigenvalue weighted by Gasteiger charge is -2.11. The summed E-state index contributed by atoms with van der Waals surface area (Å²) < 4.78 is 23.6. The molecule has 7 heteroatoms. The zero-order valence-corrected chi connectivity index (χ0v) is 16.2. The van der Waals surface area contributed by atoms with Gasteiger partial charge in [0.1, 0.15) is 0 Å². The first kappa shape index (κ1) is 17.5. The Balaban J connectivity index is 0.00000180. The Morgan fingerprint density at radius 2 is 1.74 bits per heavy atom. The van der Waals surface area contributed by atoms with Crippen molar-refractivity contribution < 1.29 is 45.4 Å². The lowest BCUT2D eigenvalue weighted by molar-refractivity contribution is -0.509. The van der Waals surface area contributed by atoms with Crippen molar-refractivity contribution in [3.8, 4) is 28.7 Å². The molecule has 0 spiro atoms. The van der Waals surface area contributed by atoms with Crippen molar-refractivity contribution in [2.24, 2.45) is 0 Å². The highest BCUT2D eigenvalue weighted by atomic mass is 79.9. The van der Waals surface area contributed by atoms with E-state index in [1.54, 1.807) is 7.11 Å². The normalized spacial score (nSPS) is 12.4. The van der Waals surface area contributed by atoms with Gasteiger partial charge in [-0.2, -0.15) is 4.40 Å². The first-order chi connectivity index (χ1) is 12.7. The highest BCUT2D eigenvalue weighted by Gasteiger charge is 2.21. The van der Waals surface area contributed by atoms with E-state index < -0.39 is 0 Å². The molecule has 0 saturated carbocycles. The molecule has 5 rings (SSSR count). The standard InChI is InChI=1S/C20H15NO5.BrH/c1-23-18-7-12-5-15-13-8-17-16(25-10-26-17)6-11(13)3-4-21(15)9-14(12)19(22)20(18)24-2;/h3-9H,10H2,1-2H3;1H. The molecule has 6 nitrogen and oxygen atoms in total. The Labute approximate surface area is 165 Å². The Morgan fingerprint density at radius 1 is 0.963 bits per heavy atom. The SMILES string of the molecule is COc1cc2cc3c4cc5c(cc4cc[n+]3cc2c(O)c1OC)OCO5.[Br-]. The molecular weight excluding hydrogens is 414 g/mol. The summed E-state index contributed by atoms with van der Waals surface area (Å²) in [7, 11) is 3.06. The van der Waals surface area contributed by atoms with E-state index in [9.17, 15) is 5.11 Å². The van der Waals surface area contributed by atoms with E-state index in [0.717, 1.165) is 33.2 Å². The summed E-state index contributed by atoms with van der Waals surface area (Å²) in [6.45, 7) is 0.241. The topological polar surface area (TPSA) is 61.3 Å². The van der Waals surface area contributed by atoms with Gasteiger partial charge in [-0.05, 0) is 23.6 Å². The van der Waals surface area contributed by atoms with Gasteiger partial charge in [-0.1, -0.05) is 0 Å². The number of aromatic nitrogens is 1. The van der Waals surface area contributed by atoms with Crippen LogP contribution >= 0.6 is 0 Å². The highest BCUT2D eigenvalue weighted by Crippen LogP contribution is 2.43. The molecule has 1 N–H and O–H groups in total. The van der Waals surface area contributed by atoms with E-state index in [-0.39, 0.29) is 29.5 Å². The molecule has 1 aliphatic rings. The number of hydrogen-bond acceptors (Lipinski definition) is 5. The number of rotatable bonds is 2. The molecule has 1 aliphatic heterocycles. The molecule has 0 unspecified atom stereocenters. The van der Waals surface area contributed by atoms with Gasteiger partial charge in [-0.15, -0.1) is 0 Å². The number of halogens is 1. The van der Waals surface area contributed by atoms with E-state index in [4.69, 9.17) is 18.9 Å². The van der Waals surface area contributed by atoms with Crippen molar-refractivity contribution >= 4 is 27.1 Å². The van der Waals surface area contributed by atoms with E-state index >= 15 is 0 Å². The summed E-state index contributed by atoms with van der Waals surface area (Å²) >= 11 is 0. The molecule has 138 valence electrons. The highest BCUT2D eigenvalue weighted by molar-refractivity contribution is 6.01. The molecule has 0 bridgehead atoms. The molecule has 2 aromatic heterocycles. The van der Waals surface area contributed by atoms with Gasteiger partial charge in [0.2, 0.25) is 18.1 Å². The molecule has 0 amide bonds. The van der Waals surface area contributed by atoms with Crippen molar-refractivity contribution in [1.82, 2.24) is 0 Å². The molecule has 0 atom stereocenters. The third-order valence-corrected chi connectivity index (χ3v) is 4.79. The monoisotopic (exact) mass is 429 g/mol. The van der Waals surface area contributed by atoms with Crippen molar-refractivity contribution in [2.75, 3.05) is 21.0 Å². The predicted molar refractivity (Wildman–Crippen MR) is 95.5 cm³/mol. The van der Waals surface area contributed by atoms with Crippen LogP contribution in [0, 0.1) is 0 Å². The van der Waals surface area contributed by atoms with Crippen molar-refractivity contribution in [3.63, 3.8) is 0 Å². The van der Waals surface area contributed by atoms with Crippen LogP contribution in [-0.4, -0.2) is 26.1 Å². The Bertz CT molecular complexity index is 1210. The van der Waals surface area contributed by atoms with Crippen LogP contribution in [0.25, 0.3) is 27.1 Å². The number of pyridine rings is 2. The molecular formula is C20H16BrNO5. The van der Waals surface area contributed by atoms with Crippen LogP contribution in [0.3, 0.4) is 0 Å². The minimum absolute atomic E-state index is 0. The molecule has 0 aliphatic carbocycles. The lowest BCUT2D eigenvalue weighted by atomic mass is 10.1. The fraction of sp³-hybridized carbons (Fsp3) is 0.150. The van der Waals surface area contributed by atoms with Crippen LogP contribution < -0.4 is 40.3 Å². The number of nitrogens with zero attached hydrogens (tertiary/aromatic N) is 1. The quantitative estimate of drug-likeness (QED) is 0.280. The van der Waals surface area contributed by atoms with Gasteiger partial charge in [-0.3, -0.25) is 0 Å². The number of fused-ring (bicyclic) bond motifs is 5. The lowest BCUT2D eigenvalue weighted by Crippen LogP contribution is -3.00. The molecule has 2 aromatic carbocycles. The second-order valence-corrected chi connectivity index (χ2v) is 6.14. The maximum Gasteiger partial charge on any atom is 0.231 e. The van der Waals surface area contributed by atoms with Gasteiger partial charge in [-0.25, -0.2) is 0 Å². The van der Waals surface area contributed by atoms with E-state index in [1.165, 1.54) is 7.11 Å². The van der Waals surface area contributed by atoms with Gasteiger partial charge < -0.3 is 41.0 Å². The molecule has 27 heavy (non-hydrogen) atoms. The molecule has 3 heterocycles. The van der Waals surface area contributed by atoms with Crippen molar-refractivity contribution in [3.05, 3.63) is 42.7 Å². The summed E-state index contributed by atoms with van der Waals surface area (Å²) in [6.07, 6.45) is 3.83. The zero-order chi connectivity index (χ0) is 17.8. The van der Waals surface area contributed by atoms with Gasteiger partial charge in [0.05, 0.1) is 25.0 Å². The Morgan fingerprint density at radius 3 is 2.48 bits per heavy atom. The molecule has 4 aromatic rings. The Kier molecular flexibility index (Phi) is 4.11. The second-order valence-electron chi connectivity index (χ2n) is 6.14. The zero-order valence-electron chi connectivity index (χ0n) is 14.7. The van der Waals surface area contributed by atoms with Crippen LogP contribution in [0.4, 0.5) is 0 Å². The smallest absolute Gasteiger partial charge is 0.231 e. The third-order valence-electron chi connectivity index (χ3n) is 4.79. The number of benzene rings is 2. The summed E-state index contributed by atoms with van der Waals surface area (Å²) in [5.41, 5.74) is 0.986. The van der Waals surface area contributed by atoms with Gasteiger partial charge >= 0.3 is 0 Å². The van der Waals surface area contributed by atoms with Gasteiger partial charge in [0, 0.05) is 17.5 Å². The van der Waals surface area contributed by atoms with E-state index in [1.807, 2.05) is 47.1 Å². The maximum absolute atomic E-state index is 10.6. The number of aromatic hydroxyl groups is 1. The second kappa shape index (κ2) is 6.35. The minimum Gasteiger partial charge on any atom is -1.00 e. The van der Waals surface area contributed by atoms with E-state index in [0.29, 0.717) is 16.9 Å². The maximum atomic E-state index is 10.6. The average Bonchev–Trinajstić information content (AvgIpc) is 3.12. The number of phenolic OH excluding ortho intramolecular Hbond substituents is 1. The van der Waals surface area contributed by atoms with Gasteiger partial charge in [0.25, 0.3) is 0 Å². The number of hydrogen-bond donors (Lipinski definition) is 1. The summed E-state index contributed by atoms with van der Waals surface area (Å²) in [6, 6.07) is 9.85. The van der Waals surface area contributed by atoms with Crippen LogP contribution in [0.2, 0.25) is 0 Å². The fourth-order valence-electron chi connectivity index (χ4n) is 3.51. The van der Waals surface area contributed by atoms with Crippen molar-refractivity contribution in [2.45, 2.75) is 0 Å². The molecule has 0 fully saturated rings. The number of ether oxygens (including phenoxy) is 4. The Hall–Kier alpha value is -2.93. The van der Waals surface area contributed by atoms with Gasteiger partial charge in [0.15, 0.2) is 35.4 Å². The molecule has 0 saturated heterocycles. The number of methoxy groups -OCH3 is 2. The summed E-state index contributed by atoms with van der Waals surface area (Å²) in [5.74, 6) is 2.36. The van der Waals surface area contributed by atoms with Crippen molar-refractivity contribution in [1.29, 1.82) is 0 Å². The summed E-state index contributed by atoms with van der Waals surface area (Å²) in [4.78, 5) is 0. The average molecular weight is 430 g/mol. The molecule has 0 radical (unpaired) electrons. The van der Waals surface area contributed by atoms with Crippen LogP contribution in [0.1, 0.15) is 0 Å². The minimum atomic E-state index is 0. The third kappa shape index (κ3) is 2.49. The predicted octanol–water partition coefficient (Wildman–Crippen LogP) is 0.187. The number of phenols is 1. The van der Waals surface area contributed by atoms with Crippen LogP contribution in [-0.2, 0) is 0 Å². The first-order valence-corrected chi connectivity index (χ1v) is 8.14. The first-order valence-electron chi connectivity index (χ1n) is 8.14. The van der Waals surface area contributed by atoms with Crippen LogP contribution in [0.15, 0.2) is 42.7 Å². The summed E-state index contributed by atoms with van der Waals surface area (Å²) in [5, 5.41) is 14.2. The fourth-order valence-corrected chi connectivity index (χ4v) is 3.51. The van der Waals surface area contributed by atoms with Crippen LogP contribution in [0.5, 0.6) is 28.7 Å². The van der Waals surface area contributed by atoms with E-state index in [2.05, 4.69) is 0 Å².